The standard InChI is InChI=1S/C32H50O3/c1-19(33)34-23-12-15-30(7)20(28(23,4)5)11-14-31(8)21-10-13-29(6)17-16-27(2,3)18-22(29)32(21,9)26-24(35-26)25(30)31/h10,20,22-26H,11-18H2,1-9H3/t20-,22+,23-,24-,25+,26-,29-,30-,31-,32+/m1/s1. The van der Waals surface area contributed by atoms with Gasteiger partial charge in [0.05, 0.1) is 12.2 Å². The average molecular weight is 483 g/mol. The maximum absolute atomic E-state index is 11.9. The molecule has 0 aromatic carbocycles. The van der Waals surface area contributed by atoms with Crippen LogP contribution in [-0.2, 0) is 14.3 Å². The summed E-state index contributed by atoms with van der Waals surface area (Å²) < 4.78 is 12.8. The van der Waals surface area contributed by atoms with Crippen molar-refractivity contribution in [3.63, 3.8) is 0 Å². The molecular formula is C32H50O3. The van der Waals surface area contributed by atoms with E-state index in [4.69, 9.17) is 9.47 Å². The van der Waals surface area contributed by atoms with Gasteiger partial charge in [-0.1, -0.05) is 67.0 Å². The molecular weight excluding hydrogens is 432 g/mol. The highest BCUT2D eigenvalue weighted by Crippen LogP contribution is 2.78. The number of carbonyl (C=O) groups excluding carboxylic acids is 1. The summed E-state index contributed by atoms with van der Waals surface area (Å²) in [4.78, 5) is 11.9. The zero-order chi connectivity index (χ0) is 25.4. The topological polar surface area (TPSA) is 38.8 Å². The molecule has 5 fully saturated rings. The van der Waals surface area contributed by atoms with Gasteiger partial charge in [-0.15, -0.1) is 0 Å². The number of hydrogen-bond donors (Lipinski definition) is 0. The van der Waals surface area contributed by atoms with Crippen molar-refractivity contribution < 1.29 is 14.3 Å². The summed E-state index contributed by atoms with van der Waals surface area (Å²) in [7, 11) is 0. The highest BCUT2D eigenvalue weighted by Gasteiger charge is 2.77. The first-order valence-electron chi connectivity index (χ1n) is 14.6. The maximum atomic E-state index is 11.9. The molecule has 1 aliphatic heterocycles. The van der Waals surface area contributed by atoms with Gasteiger partial charge in [-0.3, -0.25) is 4.79 Å². The first-order valence-corrected chi connectivity index (χ1v) is 14.6. The minimum absolute atomic E-state index is 0.00194. The Morgan fingerprint density at radius 3 is 2.34 bits per heavy atom. The van der Waals surface area contributed by atoms with Crippen molar-refractivity contribution in [2.75, 3.05) is 0 Å². The van der Waals surface area contributed by atoms with E-state index in [2.05, 4.69) is 61.5 Å². The lowest BCUT2D eigenvalue weighted by molar-refractivity contribution is -0.195. The molecule has 3 nitrogen and oxygen atoms in total. The van der Waals surface area contributed by atoms with Crippen molar-refractivity contribution in [3.05, 3.63) is 11.6 Å². The Morgan fingerprint density at radius 1 is 0.943 bits per heavy atom. The summed E-state index contributed by atoms with van der Waals surface area (Å²) >= 11 is 0. The van der Waals surface area contributed by atoms with E-state index >= 15 is 0 Å². The van der Waals surface area contributed by atoms with Crippen LogP contribution in [0.1, 0.15) is 114 Å². The summed E-state index contributed by atoms with van der Waals surface area (Å²) in [6, 6.07) is 0. The third-order valence-electron chi connectivity index (χ3n) is 13.2. The molecule has 0 unspecified atom stereocenters. The Kier molecular flexibility index (Phi) is 4.88. The fourth-order valence-corrected chi connectivity index (χ4v) is 11.6. The van der Waals surface area contributed by atoms with Gasteiger partial charge in [-0.25, -0.2) is 0 Å². The molecule has 0 spiro atoms. The number of epoxide rings is 1. The lowest BCUT2D eigenvalue weighted by atomic mass is 9.34. The molecule has 6 rings (SSSR count). The zero-order valence-corrected chi connectivity index (χ0v) is 23.9. The van der Waals surface area contributed by atoms with Crippen molar-refractivity contribution in [2.24, 2.45) is 50.2 Å². The molecule has 4 saturated carbocycles. The largest absolute Gasteiger partial charge is 0.462 e. The van der Waals surface area contributed by atoms with Gasteiger partial charge in [0.25, 0.3) is 0 Å². The van der Waals surface area contributed by atoms with Crippen molar-refractivity contribution in [1.82, 2.24) is 0 Å². The number of ether oxygens (including phenoxy) is 2. The Hall–Kier alpha value is -0.830. The molecule has 0 amide bonds. The van der Waals surface area contributed by atoms with Crippen LogP contribution < -0.4 is 0 Å². The van der Waals surface area contributed by atoms with Gasteiger partial charge in [0, 0.05) is 23.7 Å². The summed E-state index contributed by atoms with van der Waals surface area (Å²) in [5.74, 6) is 1.71. The number of allylic oxidation sites excluding steroid dienone is 1. The second-order valence-electron chi connectivity index (χ2n) is 16.2. The third kappa shape index (κ3) is 3.03. The zero-order valence-electron chi connectivity index (χ0n) is 23.9. The van der Waals surface area contributed by atoms with Crippen molar-refractivity contribution >= 4 is 5.97 Å². The second-order valence-corrected chi connectivity index (χ2v) is 16.2. The predicted molar refractivity (Wildman–Crippen MR) is 140 cm³/mol. The van der Waals surface area contributed by atoms with Gasteiger partial charge in [0.1, 0.15) is 6.10 Å². The third-order valence-corrected chi connectivity index (χ3v) is 13.2. The van der Waals surface area contributed by atoms with Crippen LogP contribution >= 0.6 is 0 Å². The molecule has 0 radical (unpaired) electrons. The van der Waals surface area contributed by atoms with Gasteiger partial charge >= 0.3 is 5.97 Å². The summed E-state index contributed by atoms with van der Waals surface area (Å²) in [5.41, 5.74) is 3.23. The Labute approximate surface area is 214 Å². The first-order chi connectivity index (χ1) is 16.1. The molecule has 0 N–H and O–H groups in total. The Morgan fingerprint density at radius 2 is 1.66 bits per heavy atom. The summed E-state index contributed by atoms with van der Waals surface area (Å²) in [6.45, 7) is 21.7. The Bertz CT molecular complexity index is 977. The van der Waals surface area contributed by atoms with E-state index in [0.29, 0.717) is 40.8 Å². The quantitative estimate of drug-likeness (QED) is 0.218. The van der Waals surface area contributed by atoms with Crippen LogP contribution in [0, 0.1) is 50.2 Å². The van der Waals surface area contributed by atoms with Gasteiger partial charge < -0.3 is 9.47 Å². The monoisotopic (exact) mass is 482 g/mol. The fourth-order valence-electron chi connectivity index (χ4n) is 11.6. The minimum atomic E-state index is -0.128. The second kappa shape index (κ2) is 6.97. The normalized spacial score (nSPS) is 55.2. The van der Waals surface area contributed by atoms with Crippen LogP contribution in [0.4, 0.5) is 0 Å². The summed E-state index contributed by atoms with van der Waals surface area (Å²) in [6.07, 6.45) is 13.4. The Balaban J connectivity index is 1.41. The van der Waals surface area contributed by atoms with Crippen LogP contribution in [0.2, 0.25) is 0 Å². The number of rotatable bonds is 1. The minimum Gasteiger partial charge on any atom is -0.462 e. The SMILES string of the molecule is CC(=O)O[C@@H]1CC[C@]2(C)[C@H](CC[C@]3(C)C4=CC[C@]5(C)CCC(C)(C)C[C@@H]5[C@@]4(C)[C@@H]4O[C@@H]4[C@@H]23)C1(C)C. The van der Waals surface area contributed by atoms with Gasteiger partial charge in [-0.05, 0) is 84.9 Å². The predicted octanol–water partition coefficient (Wildman–Crippen LogP) is 7.73. The first kappa shape index (κ1) is 24.5. The average Bonchev–Trinajstić information content (AvgIpc) is 3.52. The molecule has 0 aromatic rings. The molecule has 1 saturated heterocycles. The molecule has 0 bridgehead atoms. The fraction of sp³-hybridized carbons (Fsp3) is 0.906. The number of esters is 1. The molecule has 1 heterocycles. The van der Waals surface area contributed by atoms with Gasteiger partial charge in [0.15, 0.2) is 0 Å². The molecule has 5 aliphatic carbocycles. The lowest BCUT2D eigenvalue weighted by Crippen LogP contribution is -2.65. The van der Waals surface area contributed by atoms with E-state index in [1.807, 2.05) is 0 Å². The molecule has 6 aliphatic rings. The maximum Gasteiger partial charge on any atom is 0.302 e. The van der Waals surface area contributed by atoms with Crippen LogP contribution in [-0.4, -0.2) is 24.3 Å². The summed E-state index contributed by atoms with van der Waals surface area (Å²) in [5, 5.41) is 0. The number of hydrogen-bond acceptors (Lipinski definition) is 3. The molecule has 0 aromatic heterocycles. The van der Waals surface area contributed by atoms with Crippen molar-refractivity contribution in [1.29, 1.82) is 0 Å². The van der Waals surface area contributed by atoms with E-state index < -0.39 is 0 Å². The lowest BCUT2D eigenvalue weighted by Gasteiger charge is -2.69. The van der Waals surface area contributed by atoms with Gasteiger partial charge in [-0.2, -0.15) is 0 Å². The highest BCUT2D eigenvalue weighted by atomic mass is 16.6. The van der Waals surface area contributed by atoms with Gasteiger partial charge in [0.2, 0.25) is 0 Å². The van der Waals surface area contributed by atoms with Crippen LogP contribution in [0.5, 0.6) is 0 Å². The van der Waals surface area contributed by atoms with Crippen molar-refractivity contribution in [3.8, 4) is 0 Å². The molecule has 3 heteroatoms. The van der Waals surface area contributed by atoms with E-state index in [-0.39, 0.29) is 33.7 Å². The molecule has 196 valence electrons. The molecule has 35 heavy (non-hydrogen) atoms. The van der Waals surface area contributed by atoms with Crippen molar-refractivity contribution in [2.45, 2.75) is 132 Å². The van der Waals surface area contributed by atoms with E-state index in [1.54, 1.807) is 12.5 Å². The number of fused-ring (bicyclic) bond motifs is 10. The van der Waals surface area contributed by atoms with Crippen LogP contribution in [0.25, 0.3) is 0 Å². The number of carbonyl (C=O) groups is 1. The van der Waals surface area contributed by atoms with Crippen LogP contribution in [0.3, 0.4) is 0 Å². The van der Waals surface area contributed by atoms with Crippen LogP contribution in [0.15, 0.2) is 11.6 Å². The smallest absolute Gasteiger partial charge is 0.302 e. The van der Waals surface area contributed by atoms with E-state index in [1.165, 1.54) is 38.5 Å². The van der Waals surface area contributed by atoms with E-state index in [9.17, 15) is 4.79 Å². The highest BCUT2D eigenvalue weighted by molar-refractivity contribution is 5.66. The van der Waals surface area contributed by atoms with E-state index in [0.717, 1.165) is 12.8 Å². The molecule has 10 atom stereocenters.